The summed E-state index contributed by atoms with van der Waals surface area (Å²) in [6.45, 7) is 9.69. The number of ether oxygens (including phenoxy) is 1. The number of rotatable bonds is 9. The molecule has 202 valence electrons. The van der Waals surface area contributed by atoms with Crippen molar-refractivity contribution in [3.05, 3.63) is 96.6 Å². The van der Waals surface area contributed by atoms with Crippen LogP contribution in [0.4, 0.5) is 21.9 Å². The van der Waals surface area contributed by atoms with Crippen molar-refractivity contribution in [3.8, 4) is 11.4 Å². The van der Waals surface area contributed by atoms with Crippen molar-refractivity contribution in [2.24, 2.45) is 0 Å². The number of aromatic nitrogens is 2. The molecular formula is C31H36N6O2. The SMILES string of the molecule is Cc1cn(-c2ccc(NC(=O)Nc3c(C)cccc3OCCCN3CCN(c4ccccc4)CC3)cc2)cn1. The Hall–Kier alpha value is -4.30. The molecule has 4 aromatic rings. The maximum atomic E-state index is 12.8. The maximum Gasteiger partial charge on any atom is 0.323 e. The van der Waals surface area contributed by atoms with Gasteiger partial charge < -0.3 is 24.8 Å². The van der Waals surface area contributed by atoms with E-state index in [4.69, 9.17) is 4.74 Å². The lowest BCUT2D eigenvalue weighted by Crippen LogP contribution is -2.46. The molecule has 1 saturated heterocycles. The van der Waals surface area contributed by atoms with Gasteiger partial charge >= 0.3 is 6.03 Å². The number of carbonyl (C=O) groups is 1. The molecule has 1 aliphatic rings. The van der Waals surface area contributed by atoms with Gasteiger partial charge in [-0.25, -0.2) is 9.78 Å². The summed E-state index contributed by atoms with van der Waals surface area (Å²) in [5, 5.41) is 5.89. The van der Waals surface area contributed by atoms with Crippen LogP contribution in [0.3, 0.4) is 0 Å². The molecule has 0 radical (unpaired) electrons. The van der Waals surface area contributed by atoms with E-state index in [1.165, 1.54) is 5.69 Å². The zero-order valence-corrected chi connectivity index (χ0v) is 22.6. The standard InChI is InChI=1S/C31H36N6O2/c1-24-8-6-11-29(39-21-7-16-35-17-19-36(20-18-35)27-9-4-3-5-10-27)30(24)34-31(38)33-26-12-14-28(15-13-26)37-22-25(2)32-23-37/h3-6,8-15,22-23H,7,16-21H2,1-2H3,(H2,33,34,38). The summed E-state index contributed by atoms with van der Waals surface area (Å²) in [6, 6.07) is 23.8. The number of nitrogens with zero attached hydrogens (tertiary/aromatic N) is 4. The lowest BCUT2D eigenvalue weighted by molar-refractivity contribution is 0.225. The molecule has 3 aromatic carbocycles. The minimum atomic E-state index is -0.309. The third-order valence-corrected chi connectivity index (χ3v) is 6.98. The van der Waals surface area contributed by atoms with Crippen molar-refractivity contribution < 1.29 is 9.53 Å². The highest BCUT2D eigenvalue weighted by atomic mass is 16.5. The number of aryl methyl sites for hydroxylation is 2. The molecule has 1 fully saturated rings. The average Bonchev–Trinajstić information content (AvgIpc) is 3.40. The van der Waals surface area contributed by atoms with Crippen LogP contribution >= 0.6 is 0 Å². The minimum Gasteiger partial charge on any atom is -0.491 e. The zero-order chi connectivity index (χ0) is 27.0. The molecule has 8 nitrogen and oxygen atoms in total. The Kier molecular flexibility index (Phi) is 8.43. The molecule has 2 amide bonds. The van der Waals surface area contributed by atoms with E-state index in [1.54, 1.807) is 6.33 Å². The number of imidazole rings is 1. The summed E-state index contributed by atoms with van der Waals surface area (Å²) >= 11 is 0. The topological polar surface area (TPSA) is 74.7 Å². The van der Waals surface area contributed by atoms with Gasteiger partial charge in [-0.05, 0) is 68.3 Å². The number of benzene rings is 3. The number of carbonyl (C=O) groups excluding carboxylic acids is 1. The summed E-state index contributed by atoms with van der Waals surface area (Å²) in [5.41, 5.74) is 5.58. The van der Waals surface area contributed by atoms with Crippen molar-refractivity contribution in [1.29, 1.82) is 0 Å². The Morgan fingerprint density at radius 1 is 0.872 bits per heavy atom. The second-order valence-corrected chi connectivity index (χ2v) is 9.86. The van der Waals surface area contributed by atoms with Crippen LogP contribution in [0, 0.1) is 13.8 Å². The fourth-order valence-electron chi connectivity index (χ4n) is 4.82. The van der Waals surface area contributed by atoms with Crippen molar-refractivity contribution >= 4 is 23.1 Å². The molecule has 2 heterocycles. The highest BCUT2D eigenvalue weighted by Crippen LogP contribution is 2.28. The van der Waals surface area contributed by atoms with E-state index in [9.17, 15) is 4.79 Å². The van der Waals surface area contributed by atoms with Crippen molar-refractivity contribution in [2.75, 3.05) is 54.9 Å². The van der Waals surface area contributed by atoms with E-state index >= 15 is 0 Å². The molecule has 0 bridgehead atoms. The van der Waals surface area contributed by atoms with Gasteiger partial charge in [0.05, 0.1) is 24.3 Å². The van der Waals surface area contributed by atoms with Crippen LogP contribution in [0.5, 0.6) is 5.75 Å². The molecule has 2 N–H and O–H groups in total. The molecular weight excluding hydrogens is 488 g/mol. The largest absolute Gasteiger partial charge is 0.491 e. The fraction of sp³-hybridized carbons (Fsp3) is 0.290. The molecule has 0 saturated carbocycles. The van der Waals surface area contributed by atoms with Gasteiger partial charge in [-0.1, -0.05) is 30.3 Å². The molecule has 8 heteroatoms. The maximum absolute atomic E-state index is 12.8. The summed E-state index contributed by atoms with van der Waals surface area (Å²) in [4.78, 5) is 22.0. The summed E-state index contributed by atoms with van der Waals surface area (Å²) < 4.78 is 8.07. The Balaban J connectivity index is 1.09. The van der Waals surface area contributed by atoms with Crippen LogP contribution in [0.15, 0.2) is 85.3 Å². The quantitative estimate of drug-likeness (QED) is 0.274. The Morgan fingerprint density at radius 2 is 1.64 bits per heavy atom. The number of hydrogen-bond acceptors (Lipinski definition) is 5. The smallest absolute Gasteiger partial charge is 0.323 e. The number of piperazine rings is 1. The highest BCUT2D eigenvalue weighted by Gasteiger charge is 2.17. The Morgan fingerprint density at radius 3 is 2.36 bits per heavy atom. The predicted molar refractivity (Wildman–Crippen MR) is 157 cm³/mol. The van der Waals surface area contributed by atoms with Crippen LogP contribution in [-0.4, -0.2) is 59.8 Å². The molecule has 0 unspecified atom stereocenters. The highest BCUT2D eigenvalue weighted by molar-refractivity contribution is 6.01. The van der Waals surface area contributed by atoms with Gasteiger partial charge in [0, 0.05) is 56.0 Å². The van der Waals surface area contributed by atoms with Crippen LogP contribution in [0.2, 0.25) is 0 Å². The summed E-state index contributed by atoms with van der Waals surface area (Å²) in [6.07, 6.45) is 4.66. The lowest BCUT2D eigenvalue weighted by atomic mass is 10.2. The lowest BCUT2D eigenvalue weighted by Gasteiger charge is -2.36. The monoisotopic (exact) mass is 524 g/mol. The molecule has 5 rings (SSSR count). The number of urea groups is 1. The number of amides is 2. The van der Waals surface area contributed by atoms with Gasteiger partial charge in [-0.3, -0.25) is 4.90 Å². The van der Waals surface area contributed by atoms with Crippen LogP contribution in [0.1, 0.15) is 17.7 Å². The first kappa shape index (κ1) is 26.3. The second-order valence-electron chi connectivity index (χ2n) is 9.86. The van der Waals surface area contributed by atoms with E-state index in [0.29, 0.717) is 23.7 Å². The van der Waals surface area contributed by atoms with E-state index in [-0.39, 0.29) is 6.03 Å². The van der Waals surface area contributed by atoms with Crippen molar-refractivity contribution in [1.82, 2.24) is 14.5 Å². The Labute approximate surface area is 230 Å². The van der Waals surface area contributed by atoms with Gasteiger partial charge in [0.2, 0.25) is 0 Å². The third kappa shape index (κ3) is 6.97. The van der Waals surface area contributed by atoms with Gasteiger partial charge in [0.15, 0.2) is 0 Å². The number of para-hydroxylation sites is 2. The number of nitrogens with one attached hydrogen (secondary N) is 2. The molecule has 1 aromatic heterocycles. The molecule has 1 aliphatic heterocycles. The molecule has 39 heavy (non-hydrogen) atoms. The minimum absolute atomic E-state index is 0.309. The second kappa shape index (κ2) is 12.5. The summed E-state index contributed by atoms with van der Waals surface area (Å²) in [5.74, 6) is 0.685. The fourth-order valence-corrected chi connectivity index (χ4v) is 4.82. The van der Waals surface area contributed by atoms with E-state index in [2.05, 4.69) is 55.7 Å². The van der Waals surface area contributed by atoms with Gasteiger partial charge in [0.1, 0.15) is 5.75 Å². The van der Waals surface area contributed by atoms with E-state index in [1.807, 2.05) is 67.1 Å². The number of anilines is 3. The average molecular weight is 525 g/mol. The van der Waals surface area contributed by atoms with Gasteiger partial charge in [-0.15, -0.1) is 0 Å². The zero-order valence-electron chi connectivity index (χ0n) is 22.6. The van der Waals surface area contributed by atoms with E-state index < -0.39 is 0 Å². The molecule has 0 aliphatic carbocycles. The number of hydrogen-bond donors (Lipinski definition) is 2. The first-order valence-corrected chi connectivity index (χ1v) is 13.5. The first-order chi connectivity index (χ1) is 19.0. The van der Waals surface area contributed by atoms with Gasteiger partial charge in [0.25, 0.3) is 0 Å². The van der Waals surface area contributed by atoms with Crippen molar-refractivity contribution in [2.45, 2.75) is 20.3 Å². The van der Waals surface area contributed by atoms with Crippen molar-refractivity contribution in [3.63, 3.8) is 0 Å². The van der Waals surface area contributed by atoms with E-state index in [0.717, 1.165) is 56.1 Å². The molecule has 0 atom stereocenters. The normalized spacial score (nSPS) is 13.7. The predicted octanol–water partition coefficient (Wildman–Crippen LogP) is 5.72. The van der Waals surface area contributed by atoms with Crippen LogP contribution in [0.25, 0.3) is 5.69 Å². The van der Waals surface area contributed by atoms with Gasteiger partial charge in [-0.2, -0.15) is 0 Å². The van der Waals surface area contributed by atoms with Crippen LogP contribution in [-0.2, 0) is 0 Å². The van der Waals surface area contributed by atoms with Crippen LogP contribution < -0.4 is 20.3 Å². The summed E-state index contributed by atoms with van der Waals surface area (Å²) in [7, 11) is 0. The first-order valence-electron chi connectivity index (χ1n) is 13.5. The Bertz CT molecular complexity index is 1360. The molecule has 0 spiro atoms. The third-order valence-electron chi connectivity index (χ3n) is 6.98.